The number of nitrogens with two attached hydrogens (primary N) is 1. The van der Waals surface area contributed by atoms with Crippen LogP contribution < -0.4 is 15.8 Å². The fourth-order valence-electron chi connectivity index (χ4n) is 4.00. The molecular formula is C25H29N5O2. The van der Waals surface area contributed by atoms with Gasteiger partial charge in [0, 0.05) is 29.4 Å². The van der Waals surface area contributed by atoms with Gasteiger partial charge in [0.05, 0.1) is 11.1 Å². The minimum atomic E-state index is -0.558. The first-order valence-electron chi connectivity index (χ1n) is 11.1. The number of nitrogens with zero attached hydrogens (tertiary/aromatic N) is 3. The van der Waals surface area contributed by atoms with E-state index in [1.165, 1.54) is 0 Å². The highest BCUT2D eigenvalue weighted by Crippen LogP contribution is 2.37. The summed E-state index contributed by atoms with van der Waals surface area (Å²) in [5, 5.41) is 5.20. The molecule has 3 aromatic heterocycles. The number of fused-ring (bicyclic) bond motifs is 2. The van der Waals surface area contributed by atoms with Gasteiger partial charge in [0.15, 0.2) is 0 Å². The van der Waals surface area contributed by atoms with Crippen LogP contribution in [0.15, 0.2) is 37.2 Å². The van der Waals surface area contributed by atoms with Crippen molar-refractivity contribution in [3.8, 4) is 5.88 Å². The molecule has 0 spiro atoms. The van der Waals surface area contributed by atoms with Gasteiger partial charge in [-0.3, -0.25) is 0 Å². The number of anilines is 2. The van der Waals surface area contributed by atoms with Crippen LogP contribution in [0.4, 0.5) is 11.6 Å². The van der Waals surface area contributed by atoms with Gasteiger partial charge in [-0.25, -0.2) is 15.0 Å². The van der Waals surface area contributed by atoms with Crippen LogP contribution in [0.5, 0.6) is 5.88 Å². The van der Waals surface area contributed by atoms with Crippen molar-refractivity contribution < 1.29 is 9.47 Å². The largest absolute Gasteiger partial charge is 0.490 e. The van der Waals surface area contributed by atoms with Gasteiger partial charge < -0.3 is 20.5 Å². The maximum absolute atomic E-state index is 6.45. The average Bonchev–Trinajstić information content (AvgIpc) is 3.55. The number of aromatic nitrogens is 3. The summed E-state index contributed by atoms with van der Waals surface area (Å²) >= 11 is 0. The second-order valence-corrected chi connectivity index (χ2v) is 9.42. The molecule has 3 aromatic rings. The Balaban J connectivity index is 1.53. The van der Waals surface area contributed by atoms with Crippen LogP contribution >= 0.6 is 0 Å². The standard InChI is InChI=1S/C25H29N5O2/c1-13-14(2)31-15(3)17-8-9-21(30-23(13)17)29-22-10-18-19(11-27-22)24(32-16-6-7-16)28-12-20(18)25(4,5)26/h8-14,16H,3,6-7,26H2,1-2,4-5H3,(H,27,29,30)/t13-,14-/m0/s1. The third-order valence-corrected chi connectivity index (χ3v) is 6.18. The Bertz CT molecular complexity index is 1210. The monoisotopic (exact) mass is 431 g/mol. The highest BCUT2D eigenvalue weighted by Gasteiger charge is 2.29. The smallest absolute Gasteiger partial charge is 0.223 e. The first-order chi connectivity index (χ1) is 15.2. The molecule has 2 atom stereocenters. The van der Waals surface area contributed by atoms with Crippen molar-refractivity contribution in [1.82, 2.24) is 15.0 Å². The Labute approximate surface area is 188 Å². The van der Waals surface area contributed by atoms with Crippen molar-refractivity contribution in [2.75, 3.05) is 5.32 Å². The lowest BCUT2D eigenvalue weighted by Crippen LogP contribution is -2.29. The zero-order valence-corrected chi connectivity index (χ0v) is 19.0. The van der Waals surface area contributed by atoms with E-state index >= 15 is 0 Å². The van der Waals surface area contributed by atoms with Gasteiger partial charge in [-0.2, -0.15) is 0 Å². The van der Waals surface area contributed by atoms with Crippen LogP contribution in [0.25, 0.3) is 16.5 Å². The molecule has 0 saturated heterocycles. The van der Waals surface area contributed by atoms with Gasteiger partial charge in [0.1, 0.15) is 29.6 Å². The Morgan fingerprint density at radius 1 is 1.12 bits per heavy atom. The summed E-state index contributed by atoms with van der Waals surface area (Å²) < 4.78 is 11.8. The van der Waals surface area contributed by atoms with Crippen LogP contribution in [0.3, 0.4) is 0 Å². The summed E-state index contributed by atoms with van der Waals surface area (Å²) in [7, 11) is 0. The van der Waals surface area contributed by atoms with Gasteiger partial charge >= 0.3 is 0 Å². The van der Waals surface area contributed by atoms with Gasteiger partial charge in [-0.15, -0.1) is 0 Å². The fourth-order valence-corrected chi connectivity index (χ4v) is 4.00. The molecule has 4 heterocycles. The van der Waals surface area contributed by atoms with Crippen LogP contribution in [0.1, 0.15) is 63.3 Å². The summed E-state index contributed by atoms with van der Waals surface area (Å²) in [6.45, 7) is 12.1. The van der Waals surface area contributed by atoms with E-state index in [2.05, 4.69) is 28.8 Å². The SMILES string of the molecule is C=C1O[C@@H](C)[C@H](C)c2nc(Nc3cc4c(C(C)(C)N)cnc(OC5CC5)c4cn3)ccc21. The predicted octanol–water partition coefficient (Wildman–Crippen LogP) is 5.00. The Hall–Kier alpha value is -3.19. The molecule has 1 saturated carbocycles. The molecule has 2 aliphatic rings. The van der Waals surface area contributed by atoms with E-state index in [4.69, 9.17) is 20.2 Å². The number of ether oxygens (including phenoxy) is 2. The van der Waals surface area contributed by atoms with Crippen molar-refractivity contribution in [2.24, 2.45) is 5.73 Å². The minimum Gasteiger partial charge on any atom is -0.490 e. The summed E-state index contributed by atoms with van der Waals surface area (Å²) in [6, 6.07) is 5.91. The van der Waals surface area contributed by atoms with E-state index in [-0.39, 0.29) is 18.1 Å². The van der Waals surface area contributed by atoms with Crippen molar-refractivity contribution in [3.05, 3.63) is 54.0 Å². The molecule has 0 radical (unpaired) electrons. The van der Waals surface area contributed by atoms with Gasteiger partial charge in [-0.05, 0) is 62.8 Å². The molecule has 166 valence electrons. The zero-order chi connectivity index (χ0) is 22.6. The number of pyridine rings is 3. The third-order valence-electron chi connectivity index (χ3n) is 6.18. The molecule has 7 heteroatoms. The molecule has 1 aliphatic carbocycles. The molecule has 1 aliphatic heterocycles. The topological polar surface area (TPSA) is 95.2 Å². The van der Waals surface area contributed by atoms with Gasteiger partial charge in [0.25, 0.3) is 0 Å². The Kier molecular flexibility index (Phi) is 4.82. The summed E-state index contributed by atoms with van der Waals surface area (Å²) in [4.78, 5) is 14.0. The Morgan fingerprint density at radius 2 is 1.91 bits per heavy atom. The molecule has 32 heavy (non-hydrogen) atoms. The second kappa shape index (κ2) is 7.45. The maximum Gasteiger partial charge on any atom is 0.223 e. The van der Waals surface area contributed by atoms with Crippen molar-refractivity contribution in [2.45, 2.75) is 64.2 Å². The molecule has 0 amide bonds. The molecule has 0 unspecified atom stereocenters. The number of hydrogen-bond acceptors (Lipinski definition) is 7. The van der Waals surface area contributed by atoms with Crippen molar-refractivity contribution in [1.29, 1.82) is 0 Å². The van der Waals surface area contributed by atoms with E-state index in [0.717, 1.165) is 46.3 Å². The van der Waals surface area contributed by atoms with Crippen LogP contribution in [0.2, 0.25) is 0 Å². The van der Waals surface area contributed by atoms with Gasteiger partial charge in [-0.1, -0.05) is 13.5 Å². The average molecular weight is 432 g/mol. The first-order valence-corrected chi connectivity index (χ1v) is 11.1. The molecule has 0 bridgehead atoms. The number of hydrogen-bond donors (Lipinski definition) is 2. The molecule has 5 rings (SSSR count). The molecular weight excluding hydrogens is 402 g/mol. The van der Waals surface area contributed by atoms with Crippen LogP contribution in [-0.2, 0) is 10.3 Å². The molecule has 1 fully saturated rings. The lowest BCUT2D eigenvalue weighted by atomic mass is 9.93. The van der Waals surface area contributed by atoms with Crippen LogP contribution in [0, 0.1) is 0 Å². The normalized spacial score (nSPS) is 20.6. The number of rotatable bonds is 5. The molecule has 7 nitrogen and oxygen atoms in total. The molecule has 3 N–H and O–H groups in total. The van der Waals surface area contributed by atoms with Crippen molar-refractivity contribution >= 4 is 28.2 Å². The van der Waals surface area contributed by atoms with E-state index in [1.807, 2.05) is 45.2 Å². The quantitative estimate of drug-likeness (QED) is 0.587. The molecule has 0 aromatic carbocycles. The third kappa shape index (κ3) is 3.77. The zero-order valence-electron chi connectivity index (χ0n) is 19.0. The lowest BCUT2D eigenvalue weighted by Gasteiger charge is -2.30. The highest BCUT2D eigenvalue weighted by atomic mass is 16.5. The maximum atomic E-state index is 6.45. The summed E-state index contributed by atoms with van der Waals surface area (Å²) in [5.41, 5.74) is 8.77. The van der Waals surface area contributed by atoms with E-state index in [9.17, 15) is 0 Å². The number of nitrogens with one attached hydrogen (secondary N) is 1. The lowest BCUT2D eigenvalue weighted by molar-refractivity contribution is 0.148. The van der Waals surface area contributed by atoms with E-state index in [1.54, 1.807) is 6.20 Å². The highest BCUT2D eigenvalue weighted by molar-refractivity contribution is 5.91. The summed E-state index contributed by atoms with van der Waals surface area (Å²) in [5.74, 6) is 2.86. The minimum absolute atomic E-state index is 0.0308. The Morgan fingerprint density at radius 3 is 2.62 bits per heavy atom. The van der Waals surface area contributed by atoms with E-state index < -0.39 is 5.54 Å². The first kappa shape index (κ1) is 20.7. The second-order valence-electron chi connectivity index (χ2n) is 9.42. The fraction of sp³-hybridized carbons (Fsp3) is 0.400. The summed E-state index contributed by atoms with van der Waals surface area (Å²) in [6.07, 6.45) is 6.04. The van der Waals surface area contributed by atoms with E-state index in [0.29, 0.717) is 17.5 Å². The van der Waals surface area contributed by atoms with Gasteiger partial charge in [0.2, 0.25) is 5.88 Å². The van der Waals surface area contributed by atoms with Crippen LogP contribution in [-0.4, -0.2) is 27.2 Å². The predicted molar refractivity (Wildman–Crippen MR) is 126 cm³/mol. The van der Waals surface area contributed by atoms with Crippen molar-refractivity contribution in [3.63, 3.8) is 0 Å².